The first-order valence-corrected chi connectivity index (χ1v) is 7.22. The molecule has 0 spiro atoms. The first kappa shape index (κ1) is 14.3. The summed E-state index contributed by atoms with van der Waals surface area (Å²) >= 11 is 1.58. The van der Waals surface area contributed by atoms with Gasteiger partial charge in [0.25, 0.3) is 0 Å². The Morgan fingerprint density at radius 3 is 2.75 bits per heavy atom. The van der Waals surface area contributed by atoms with Gasteiger partial charge in [0.1, 0.15) is 6.42 Å². The summed E-state index contributed by atoms with van der Waals surface area (Å²) in [5.41, 5.74) is 2.81. The number of carbonyl (C=O) groups excluding carboxylic acids is 2. The van der Waals surface area contributed by atoms with Gasteiger partial charge in [0.2, 0.25) is 11.8 Å². The molecule has 0 aliphatic heterocycles. The number of anilines is 1. The van der Waals surface area contributed by atoms with Crippen LogP contribution >= 0.6 is 11.3 Å². The molecule has 1 aromatic carbocycles. The fourth-order valence-electron chi connectivity index (χ4n) is 1.73. The third-order valence-corrected chi connectivity index (χ3v) is 3.42. The summed E-state index contributed by atoms with van der Waals surface area (Å²) in [4.78, 5) is 23.4. The van der Waals surface area contributed by atoms with Gasteiger partial charge in [-0.1, -0.05) is 12.1 Å². The minimum absolute atomic E-state index is 0.169. The smallest absolute Gasteiger partial charge is 0.233 e. The third kappa shape index (κ3) is 4.51. The van der Waals surface area contributed by atoms with Crippen LogP contribution in [0.25, 0.3) is 0 Å². The molecule has 0 aliphatic rings. The number of nitrogens with one attached hydrogen (secondary N) is 2. The average Bonchev–Trinajstić information content (AvgIpc) is 2.89. The van der Waals surface area contributed by atoms with Gasteiger partial charge < -0.3 is 10.6 Å². The minimum atomic E-state index is -0.307. The average molecular weight is 288 g/mol. The molecule has 2 amide bonds. The number of carbonyl (C=O) groups is 2. The summed E-state index contributed by atoms with van der Waals surface area (Å²) in [6.45, 7) is 2.41. The normalized spacial score (nSPS) is 10.1. The first-order valence-electron chi connectivity index (χ1n) is 6.28. The Hall–Kier alpha value is -2.14. The van der Waals surface area contributed by atoms with Crippen LogP contribution in [0.5, 0.6) is 0 Å². The molecule has 0 fully saturated rings. The van der Waals surface area contributed by atoms with Crippen LogP contribution in [-0.4, -0.2) is 11.8 Å². The van der Waals surface area contributed by atoms with E-state index >= 15 is 0 Å². The second-order valence-electron chi connectivity index (χ2n) is 4.50. The fourth-order valence-corrected chi connectivity index (χ4v) is 2.40. The first-order chi connectivity index (χ1) is 9.63. The Labute approximate surface area is 121 Å². The number of aryl methyl sites for hydroxylation is 1. The van der Waals surface area contributed by atoms with E-state index in [1.807, 2.05) is 41.9 Å². The Morgan fingerprint density at radius 2 is 2.05 bits per heavy atom. The standard InChI is InChI=1S/C15H16N2O2S/c1-11-3-2-4-13(7-11)17-15(19)8-14(18)16-9-12-5-6-20-10-12/h2-7,10H,8-9H2,1H3,(H,16,18)(H,17,19). The SMILES string of the molecule is Cc1cccc(NC(=O)CC(=O)NCc2ccsc2)c1. The van der Waals surface area contributed by atoms with Crippen LogP contribution in [0, 0.1) is 6.92 Å². The van der Waals surface area contributed by atoms with E-state index in [-0.39, 0.29) is 18.2 Å². The zero-order chi connectivity index (χ0) is 14.4. The van der Waals surface area contributed by atoms with Crippen LogP contribution in [0.3, 0.4) is 0 Å². The van der Waals surface area contributed by atoms with Crippen molar-refractivity contribution >= 4 is 28.8 Å². The highest BCUT2D eigenvalue weighted by atomic mass is 32.1. The van der Waals surface area contributed by atoms with Gasteiger partial charge in [0, 0.05) is 12.2 Å². The van der Waals surface area contributed by atoms with E-state index in [1.54, 1.807) is 17.4 Å². The van der Waals surface area contributed by atoms with Crippen LogP contribution < -0.4 is 10.6 Å². The predicted octanol–water partition coefficient (Wildman–Crippen LogP) is 2.70. The molecule has 5 heteroatoms. The number of hydrogen-bond acceptors (Lipinski definition) is 3. The molecule has 0 radical (unpaired) electrons. The van der Waals surface area contributed by atoms with E-state index in [2.05, 4.69) is 10.6 Å². The summed E-state index contributed by atoms with van der Waals surface area (Å²) in [5, 5.41) is 9.34. The molecular weight excluding hydrogens is 272 g/mol. The maximum Gasteiger partial charge on any atom is 0.233 e. The number of hydrogen-bond donors (Lipinski definition) is 2. The van der Waals surface area contributed by atoms with Crippen molar-refractivity contribution in [1.82, 2.24) is 5.32 Å². The van der Waals surface area contributed by atoms with Gasteiger partial charge in [-0.25, -0.2) is 0 Å². The Balaban J connectivity index is 1.77. The maximum absolute atomic E-state index is 11.7. The van der Waals surface area contributed by atoms with E-state index in [9.17, 15) is 9.59 Å². The summed E-state index contributed by atoms with van der Waals surface area (Å²) in [6, 6.07) is 9.41. The van der Waals surface area contributed by atoms with Crippen LogP contribution in [0.2, 0.25) is 0 Å². The molecule has 0 atom stereocenters. The van der Waals surface area contributed by atoms with Gasteiger partial charge >= 0.3 is 0 Å². The van der Waals surface area contributed by atoms with Gasteiger partial charge in [0.05, 0.1) is 0 Å². The number of amides is 2. The van der Waals surface area contributed by atoms with E-state index < -0.39 is 0 Å². The second kappa shape index (κ2) is 6.86. The van der Waals surface area contributed by atoms with Crippen LogP contribution in [0.4, 0.5) is 5.69 Å². The lowest BCUT2D eigenvalue weighted by atomic mass is 10.2. The highest BCUT2D eigenvalue weighted by Crippen LogP contribution is 2.10. The molecule has 0 bridgehead atoms. The highest BCUT2D eigenvalue weighted by Gasteiger charge is 2.09. The summed E-state index contributed by atoms with van der Waals surface area (Å²) in [7, 11) is 0. The summed E-state index contributed by atoms with van der Waals surface area (Å²) in [6.07, 6.45) is -0.169. The second-order valence-corrected chi connectivity index (χ2v) is 5.28. The van der Waals surface area contributed by atoms with Crippen LogP contribution in [0.1, 0.15) is 17.5 Å². The quantitative estimate of drug-likeness (QED) is 0.831. The lowest BCUT2D eigenvalue weighted by Crippen LogP contribution is -2.27. The number of benzene rings is 1. The third-order valence-electron chi connectivity index (χ3n) is 2.69. The molecule has 4 nitrogen and oxygen atoms in total. The highest BCUT2D eigenvalue weighted by molar-refractivity contribution is 7.07. The minimum Gasteiger partial charge on any atom is -0.352 e. The lowest BCUT2D eigenvalue weighted by molar-refractivity contribution is -0.126. The van der Waals surface area contributed by atoms with E-state index in [0.29, 0.717) is 12.2 Å². The molecule has 0 saturated carbocycles. The zero-order valence-corrected chi connectivity index (χ0v) is 12.0. The predicted molar refractivity (Wildman–Crippen MR) is 80.6 cm³/mol. The van der Waals surface area contributed by atoms with Crippen LogP contribution in [-0.2, 0) is 16.1 Å². The zero-order valence-electron chi connectivity index (χ0n) is 11.2. The number of rotatable bonds is 5. The topological polar surface area (TPSA) is 58.2 Å². The van der Waals surface area contributed by atoms with Crippen molar-refractivity contribution in [1.29, 1.82) is 0 Å². The van der Waals surface area contributed by atoms with Gasteiger partial charge in [0.15, 0.2) is 0 Å². The van der Waals surface area contributed by atoms with Crippen molar-refractivity contribution in [2.45, 2.75) is 19.9 Å². The number of thiophene rings is 1. The molecule has 0 saturated heterocycles. The lowest BCUT2D eigenvalue weighted by Gasteiger charge is -2.06. The van der Waals surface area contributed by atoms with Crippen molar-refractivity contribution in [3.8, 4) is 0 Å². The van der Waals surface area contributed by atoms with Crippen molar-refractivity contribution in [3.05, 3.63) is 52.2 Å². The Kier molecular flexibility index (Phi) is 4.90. The van der Waals surface area contributed by atoms with Gasteiger partial charge in [-0.15, -0.1) is 0 Å². The molecule has 1 aromatic heterocycles. The van der Waals surface area contributed by atoms with Crippen molar-refractivity contribution in [2.24, 2.45) is 0 Å². The molecule has 2 N–H and O–H groups in total. The molecule has 0 unspecified atom stereocenters. The molecule has 2 rings (SSSR count). The van der Waals surface area contributed by atoms with Gasteiger partial charge in [-0.3, -0.25) is 9.59 Å². The van der Waals surface area contributed by atoms with Crippen molar-refractivity contribution in [2.75, 3.05) is 5.32 Å². The van der Waals surface area contributed by atoms with Crippen molar-refractivity contribution < 1.29 is 9.59 Å². The Bertz CT molecular complexity index is 594. The molecule has 104 valence electrons. The van der Waals surface area contributed by atoms with E-state index in [0.717, 1.165) is 11.1 Å². The van der Waals surface area contributed by atoms with E-state index in [1.165, 1.54) is 0 Å². The molecule has 2 aromatic rings. The fraction of sp³-hybridized carbons (Fsp3) is 0.200. The largest absolute Gasteiger partial charge is 0.352 e. The Morgan fingerprint density at radius 1 is 1.20 bits per heavy atom. The van der Waals surface area contributed by atoms with E-state index in [4.69, 9.17) is 0 Å². The summed E-state index contributed by atoms with van der Waals surface area (Å²) < 4.78 is 0. The molecule has 1 heterocycles. The molecular formula is C15H16N2O2S. The molecule has 0 aliphatic carbocycles. The monoisotopic (exact) mass is 288 g/mol. The van der Waals surface area contributed by atoms with Gasteiger partial charge in [-0.05, 0) is 47.0 Å². The van der Waals surface area contributed by atoms with Crippen molar-refractivity contribution in [3.63, 3.8) is 0 Å². The summed E-state index contributed by atoms with van der Waals surface area (Å²) in [5.74, 6) is -0.584. The maximum atomic E-state index is 11.7. The van der Waals surface area contributed by atoms with Crippen LogP contribution in [0.15, 0.2) is 41.1 Å². The molecule has 20 heavy (non-hydrogen) atoms. The van der Waals surface area contributed by atoms with Gasteiger partial charge in [-0.2, -0.15) is 11.3 Å².